The van der Waals surface area contributed by atoms with Crippen LogP contribution < -0.4 is 21.0 Å². The molecule has 0 unspecified atom stereocenters. The average Bonchev–Trinajstić information content (AvgIpc) is 2.93. The zero-order valence-corrected chi connectivity index (χ0v) is 17.3. The van der Waals surface area contributed by atoms with Crippen molar-refractivity contribution in [3.8, 4) is 5.75 Å². The van der Waals surface area contributed by atoms with Gasteiger partial charge in [-0.05, 0) is 18.9 Å². The highest BCUT2D eigenvalue weighted by Crippen LogP contribution is 2.34. The van der Waals surface area contributed by atoms with Crippen molar-refractivity contribution < 1.29 is 12.6 Å². The number of nitrogens with one attached hydrogen (secondary N) is 2. The first-order chi connectivity index (χ1) is 12.5. The fraction of sp³-hybridized carbons (Fsp3) is 0.312. The van der Waals surface area contributed by atoms with E-state index in [0.717, 1.165) is 0 Å². The molecular weight excluding hydrogens is 413 g/mol. The molecule has 1 aliphatic rings. The maximum absolute atomic E-state index is 13.1. The number of rotatable bonds is 6. The second-order valence-electron chi connectivity index (χ2n) is 6.06. The summed E-state index contributed by atoms with van der Waals surface area (Å²) in [4.78, 5) is 1.41. The molecule has 8 nitrogen and oxygen atoms in total. The lowest BCUT2D eigenvalue weighted by Gasteiger charge is -2.22. The lowest BCUT2D eigenvalue weighted by molar-refractivity contribution is 0.438. The van der Waals surface area contributed by atoms with E-state index in [4.69, 9.17) is 44.3 Å². The highest BCUT2D eigenvalue weighted by atomic mass is 35.5. The largest absolute Gasteiger partial charge is 0.393 e. The summed E-state index contributed by atoms with van der Waals surface area (Å²) in [6.45, 7) is 5.62. The van der Waals surface area contributed by atoms with Gasteiger partial charge < -0.3 is 25.9 Å². The van der Waals surface area contributed by atoms with Gasteiger partial charge in [0.2, 0.25) is 0 Å². The standard InChI is InChI=1S/C16H21Cl2N5O3S/c1-4-23-15(12(19)14(20)21)22-13(8(2)3)16(23)27(24,25)26-11-6-9(17)5-10(18)7-11/h5-8,22H,4,19H2,1-3H3,(H3,20,21). The number of amidine groups is 1. The zero-order chi connectivity index (χ0) is 20.5. The monoisotopic (exact) mass is 433 g/mol. The first-order valence-corrected chi connectivity index (χ1v) is 10.2. The van der Waals surface area contributed by atoms with Crippen LogP contribution in [0.4, 0.5) is 0 Å². The van der Waals surface area contributed by atoms with Crippen molar-refractivity contribution in [3.63, 3.8) is 0 Å². The molecule has 1 aliphatic heterocycles. The Morgan fingerprint density at radius 2 is 1.81 bits per heavy atom. The van der Waals surface area contributed by atoms with Gasteiger partial charge >= 0.3 is 10.1 Å². The van der Waals surface area contributed by atoms with Gasteiger partial charge in [-0.2, -0.15) is 8.42 Å². The smallest absolute Gasteiger partial charge is 0.356 e. The predicted octanol–water partition coefficient (Wildman–Crippen LogP) is 2.52. The van der Waals surface area contributed by atoms with Crippen molar-refractivity contribution in [1.82, 2.24) is 10.2 Å². The molecule has 148 valence electrons. The molecule has 0 bridgehead atoms. The summed E-state index contributed by atoms with van der Waals surface area (Å²) in [6, 6.07) is 4.16. The van der Waals surface area contributed by atoms with Crippen molar-refractivity contribution >= 4 is 39.2 Å². The number of allylic oxidation sites excluding steroid dienone is 1. The first-order valence-electron chi connectivity index (χ1n) is 8.01. The van der Waals surface area contributed by atoms with Gasteiger partial charge in [0.1, 0.15) is 23.1 Å². The van der Waals surface area contributed by atoms with Gasteiger partial charge in [0.05, 0.1) is 5.70 Å². The van der Waals surface area contributed by atoms with Gasteiger partial charge in [-0.3, -0.25) is 5.41 Å². The van der Waals surface area contributed by atoms with Crippen LogP contribution in [0.2, 0.25) is 10.0 Å². The third-order valence-corrected chi connectivity index (χ3v) is 5.48. The second kappa shape index (κ2) is 7.87. The molecule has 0 spiro atoms. The summed E-state index contributed by atoms with van der Waals surface area (Å²) in [7, 11) is -4.27. The molecule has 0 aromatic heterocycles. The van der Waals surface area contributed by atoms with Crippen LogP contribution in [0.3, 0.4) is 0 Å². The highest BCUT2D eigenvalue weighted by Gasteiger charge is 2.39. The Hall–Kier alpha value is -2.10. The topological polar surface area (TPSA) is 135 Å². The summed E-state index contributed by atoms with van der Waals surface area (Å²) in [5, 5.41) is 10.9. The van der Waals surface area contributed by atoms with Crippen LogP contribution in [-0.2, 0) is 10.1 Å². The van der Waals surface area contributed by atoms with Crippen molar-refractivity contribution in [2.24, 2.45) is 17.4 Å². The van der Waals surface area contributed by atoms with Crippen LogP contribution in [0.15, 0.2) is 40.4 Å². The summed E-state index contributed by atoms with van der Waals surface area (Å²) < 4.78 is 31.4. The molecule has 0 aliphatic carbocycles. The molecule has 0 saturated carbocycles. The normalized spacial score (nSPS) is 16.6. The minimum atomic E-state index is -4.27. The fourth-order valence-corrected chi connectivity index (χ4v) is 4.52. The van der Waals surface area contributed by atoms with E-state index in [1.54, 1.807) is 6.92 Å². The molecule has 0 saturated heterocycles. The number of hydrogen-bond donors (Lipinski definition) is 4. The van der Waals surface area contributed by atoms with Gasteiger partial charge in [0, 0.05) is 28.7 Å². The number of nitrogens with two attached hydrogens (primary N) is 2. The van der Waals surface area contributed by atoms with E-state index in [-0.39, 0.29) is 50.6 Å². The average molecular weight is 434 g/mol. The van der Waals surface area contributed by atoms with E-state index < -0.39 is 10.1 Å². The molecule has 2 rings (SSSR count). The molecule has 27 heavy (non-hydrogen) atoms. The van der Waals surface area contributed by atoms with E-state index in [2.05, 4.69) is 5.32 Å². The number of halogens is 2. The van der Waals surface area contributed by atoms with E-state index in [1.165, 1.54) is 23.1 Å². The molecule has 11 heteroatoms. The van der Waals surface area contributed by atoms with E-state index in [0.29, 0.717) is 5.70 Å². The SMILES string of the molecule is CCN1C(=C(N)C(=N)N)NC(C(C)C)=C1S(=O)(=O)Oc1cc(Cl)cc(Cl)c1. The molecule has 0 amide bonds. The number of nitrogens with zero attached hydrogens (tertiary/aromatic N) is 1. The molecular formula is C16H21Cl2N5O3S. The Bertz CT molecular complexity index is 921. The third kappa shape index (κ3) is 4.42. The molecule has 1 heterocycles. The minimum absolute atomic E-state index is 0.0175. The van der Waals surface area contributed by atoms with E-state index in [1.807, 2.05) is 13.8 Å². The Morgan fingerprint density at radius 1 is 1.26 bits per heavy atom. The zero-order valence-electron chi connectivity index (χ0n) is 15.0. The Kier molecular flexibility index (Phi) is 6.18. The highest BCUT2D eigenvalue weighted by molar-refractivity contribution is 7.91. The Labute approximate surface area is 168 Å². The maximum Gasteiger partial charge on any atom is 0.356 e. The van der Waals surface area contributed by atoms with Crippen molar-refractivity contribution in [3.05, 3.63) is 50.5 Å². The molecule has 6 N–H and O–H groups in total. The Balaban J connectivity index is 2.58. The molecule has 0 atom stereocenters. The quantitative estimate of drug-likeness (QED) is 0.307. The van der Waals surface area contributed by atoms with E-state index >= 15 is 0 Å². The van der Waals surface area contributed by atoms with Gasteiger partial charge in [-0.15, -0.1) is 0 Å². The van der Waals surface area contributed by atoms with Gasteiger partial charge in [0.15, 0.2) is 5.03 Å². The van der Waals surface area contributed by atoms with Crippen LogP contribution in [0.1, 0.15) is 20.8 Å². The fourth-order valence-electron chi connectivity index (χ4n) is 2.54. The molecule has 0 fully saturated rings. The second-order valence-corrected chi connectivity index (χ2v) is 8.40. The van der Waals surface area contributed by atoms with Crippen LogP contribution >= 0.6 is 23.2 Å². The lowest BCUT2D eigenvalue weighted by Crippen LogP contribution is -2.33. The van der Waals surface area contributed by atoms with Crippen molar-refractivity contribution in [2.75, 3.05) is 6.54 Å². The van der Waals surface area contributed by atoms with Crippen LogP contribution in [0.25, 0.3) is 0 Å². The summed E-state index contributed by atoms with van der Waals surface area (Å²) in [5.41, 5.74) is 11.7. The first kappa shape index (κ1) is 21.2. The van der Waals surface area contributed by atoms with Crippen LogP contribution in [0, 0.1) is 11.3 Å². The number of benzene rings is 1. The Morgan fingerprint density at radius 3 is 2.26 bits per heavy atom. The lowest BCUT2D eigenvalue weighted by atomic mass is 10.1. The van der Waals surface area contributed by atoms with Gasteiger partial charge in [0.25, 0.3) is 0 Å². The van der Waals surface area contributed by atoms with Crippen LogP contribution in [-0.4, -0.2) is 25.7 Å². The predicted molar refractivity (Wildman–Crippen MR) is 107 cm³/mol. The minimum Gasteiger partial charge on any atom is -0.393 e. The van der Waals surface area contributed by atoms with Crippen molar-refractivity contribution in [1.29, 1.82) is 5.41 Å². The summed E-state index contributed by atoms with van der Waals surface area (Å²) in [5.74, 6) is -0.371. The van der Waals surface area contributed by atoms with Crippen molar-refractivity contribution in [2.45, 2.75) is 20.8 Å². The maximum atomic E-state index is 13.1. The molecule has 1 aromatic carbocycles. The van der Waals surface area contributed by atoms with Crippen LogP contribution in [0.5, 0.6) is 5.75 Å². The van der Waals surface area contributed by atoms with E-state index in [9.17, 15) is 8.42 Å². The number of hydrogen-bond acceptors (Lipinski definition) is 7. The molecule has 0 radical (unpaired) electrons. The molecule has 1 aromatic rings. The van der Waals surface area contributed by atoms with Gasteiger partial charge in [-0.1, -0.05) is 37.0 Å². The summed E-state index contributed by atoms with van der Waals surface area (Å²) >= 11 is 11.8. The third-order valence-electron chi connectivity index (χ3n) is 3.72. The van der Waals surface area contributed by atoms with Gasteiger partial charge in [-0.25, -0.2) is 0 Å². The summed E-state index contributed by atoms with van der Waals surface area (Å²) in [6.07, 6.45) is 0.